The Morgan fingerprint density at radius 1 is 1.27 bits per heavy atom. The number of ether oxygens (including phenoxy) is 1. The molecule has 3 N–H and O–H groups in total. The zero-order valence-corrected chi connectivity index (χ0v) is 12.4. The van der Waals surface area contributed by atoms with Gasteiger partial charge in [-0.3, -0.25) is 4.90 Å². The third kappa shape index (κ3) is 2.75. The molecule has 5 atom stereocenters. The maximum atomic E-state index is 12.2. The summed E-state index contributed by atoms with van der Waals surface area (Å²) >= 11 is 0. The van der Waals surface area contributed by atoms with Crippen LogP contribution in [0.25, 0.3) is 0 Å². The Kier molecular flexibility index (Phi) is 4.18. The number of piperidine rings is 1. The summed E-state index contributed by atoms with van der Waals surface area (Å²) < 4.78 is 5.39. The molecular weight excluding hydrogens is 286 g/mol. The van der Waals surface area contributed by atoms with Crippen LogP contribution in [0.3, 0.4) is 0 Å². The second kappa shape index (κ2) is 5.96. The number of fused-ring (bicyclic) bond motifs is 1. The molecule has 120 valence electrons. The first-order valence-corrected chi connectivity index (χ1v) is 7.53. The van der Waals surface area contributed by atoms with Crippen molar-refractivity contribution >= 4 is 5.97 Å². The predicted molar refractivity (Wildman–Crippen MR) is 78.4 cm³/mol. The number of nitrogens with zero attached hydrogens (tertiary/aromatic N) is 1. The molecule has 0 saturated carbocycles. The second-order valence-electron chi connectivity index (χ2n) is 6.14. The first kappa shape index (κ1) is 15.4. The summed E-state index contributed by atoms with van der Waals surface area (Å²) in [4.78, 5) is 14.1. The maximum Gasteiger partial charge on any atom is 0.338 e. The molecule has 0 amide bonds. The van der Waals surface area contributed by atoms with Gasteiger partial charge >= 0.3 is 5.97 Å². The van der Waals surface area contributed by atoms with Gasteiger partial charge in [-0.25, -0.2) is 4.79 Å². The van der Waals surface area contributed by atoms with Crippen molar-refractivity contribution in [2.75, 3.05) is 13.1 Å². The highest BCUT2D eigenvalue weighted by atomic mass is 16.6. The monoisotopic (exact) mass is 307 g/mol. The van der Waals surface area contributed by atoms with E-state index in [1.807, 2.05) is 17.9 Å². The van der Waals surface area contributed by atoms with E-state index in [0.717, 1.165) is 5.56 Å². The van der Waals surface area contributed by atoms with Gasteiger partial charge < -0.3 is 20.1 Å². The summed E-state index contributed by atoms with van der Waals surface area (Å²) in [6.07, 6.45) is -3.22. The largest absolute Gasteiger partial charge is 0.455 e. The maximum absolute atomic E-state index is 12.2. The van der Waals surface area contributed by atoms with Crippen molar-refractivity contribution in [2.45, 2.75) is 43.8 Å². The first-order valence-electron chi connectivity index (χ1n) is 7.53. The summed E-state index contributed by atoms with van der Waals surface area (Å²) in [6.45, 7) is 2.82. The molecule has 2 saturated heterocycles. The molecule has 3 rings (SSSR count). The van der Waals surface area contributed by atoms with E-state index in [1.165, 1.54) is 0 Å². The van der Waals surface area contributed by atoms with Gasteiger partial charge in [-0.1, -0.05) is 17.7 Å². The van der Waals surface area contributed by atoms with Gasteiger partial charge in [0.2, 0.25) is 0 Å². The third-order valence-corrected chi connectivity index (χ3v) is 4.54. The number of aliphatic hydroxyl groups excluding tert-OH is 3. The summed E-state index contributed by atoms with van der Waals surface area (Å²) in [5.41, 5.74) is 1.37. The number of benzene rings is 1. The Labute approximate surface area is 128 Å². The van der Waals surface area contributed by atoms with Crippen molar-refractivity contribution in [3.63, 3.8) is 0 Å². The van der Waals surface area contributed by atoms with Gasteiger partial charge in [-0.05, 0) is 25.5 Å². The van der Waals surface area contributed by atoms with Gasteiger partial charge in [0, 0.05) is 13.1 Å². The molecule has 6 nitrogen and oxygen atoms in total. The van der Waals surface area contributed by atoms with Crippen molar-refractivity contribution in [1.29, 1.82) is 0 Å². The molecule has 2 aliphatic heterocycles. The van der Waals surface area contributed by atoms with Gasteiger partial charge in [-0.15, -0.1) is 0 Å². The van der Waals surface area contributed by atoms with Crippen LogP contribution in [0.1, 0.15) is 22.3 Å². The normalized spacial score (nSPS) is 35.2. The van der Waals surface area contributed by atoms with E-state index in [4.69, 9.17) is 4.74 Å². The number of hydrogen-bond acceptors (Lipinski definition) is 6. The van der Waals surface area contributed by atoms with Crippen LogP contribution in [-0.4, -0.2) is 69.7 Å². The van der Waals surface area contributed by atoms with Gasteiger partial charge in [0.25, 0.3) is 0 Å². The van der Waals surface area contributed by atoms with Crippen LogP contribution in [0.4, 0.5) is 0 Å². The van der Waals surface area contributed by atoms with E-state index < -0.39 is 36.4 Å². The zero-order valence-electron chi connectivity index (χ0n) is 12.4. The minimum absolute atomic E-state index is 0.317. The quantitative estimate of drug-likeness (QED) is 0.650. The lowest BCUT2D eigenvalue weighted by Gasteiger charge is -2.42. The molecule has 1 aromatic carbocycles. The molecular formula is C16H21NO5. The molecule has 2 aliphatic rings. The minimum atomic E-state index is -1.19. The van der Waals surface area contributed by atoms with Crippen LogP contribution in [0.2, 0.25) is 0 Å². The Morgan fingerprint density at radius 3 is 2.77 bits per heavy atom. The molecule has 0 radical (unpaired) electrons. The molecule has 0 spiro atoms. The zero-order chi connectivity index (χ0) is 15.9. The average Bonchev–Trinajstić information content (AvgIpc) is 2.85. The Hall–Kier alpha value is -1.47. The molecule has 4 unspecified atom stereocenters. The van der Waals surface area contributed by atoms with E-state index in [0.29, 0.717) is 25.1 Å². The summed E-state index contributed by atoms with van der Waals surface area (Å²) in [7, 11) is 0. The van der Waals surface area contributed by atoms with E-state index in [9.17, 15) is 20.1 Å². The van der Waals surface area contributed by atoms with Crippen molar-refractivity contribution in [1.82, 2.24) is 4.90 Å². The van der Waals surface area contributed by atoms with E-state index in [-0.39, 0.29) is 0 Å². The fraction of sp³-hybridized carbons (Fsp3) is 0.562. The summed E-state index contributed by atoms with van der Waals surface area (Å²) in [5.74, 6) is -0.516. The highest BCUT2D eigenvalue weighted by Crippen LogP contribution is 2.29. The number of aryl methyl sites for hydroxylation is 1. The molecule has 0 bridgehead atoms. The predicted octanol–water partition coefficient (Wildman–Crippen LogP) is -0.309. The lowest BCUT2D eigenvalue weighted by molar-refractivity contribution is -0.143. The number of rotatable bonds is 2. The van der Waals surface area contributed by atoms with Crippen LogP contribution < -0.4 is 0 Å². The summed E-state index contributed by atoms with van der Waals surface area (Å²) in [5, 5.41) is 30.2. The van der Waals surface area contributed by atoms with Crippen LogP contribution >= 0.6 is 0 Å². The number of carbonyl (C=O) groups excluding carboxylic acids is 1. The Morgan fingerprint density at radius 2 is 2.05 bits per heavy atom. The minimum Gasteiger partial charge on any atom is -0.455 e. The standard InChI is InChI=1S/C16H21NO5/c1-9-3-2-4-10(7-9)16(21)22-12-8-17-6-5-11(18)13(17)15(20)14(12)19/h2-4,7,11-15,18-20H,5-6,8H2,1H3/t11-,12?,13?,14?,15?/m0/s1. The van der Waals surface area contributed by atoms with Crippen molar-refractivity contribution in [2.24, 2.45) is 0 Å². The van der Waals surface area contributed by atoms with E-state index in [2.05, 4.69) is 0 Å². The number of carbonyl (C=O) groups is 1. The number of hydrogen-bond donors (Lipinski definition) is 3. The van der Waals surface area contributed by atoms with Gasteiger partial charge in [-0.2, -0.15) is 0 Å². The third-order valence-electron chi connectivity index (χ3n) is 4.54. The van der Waals surface area contributed by atoms with Crippen LogP contribution in [-0.2, 0) is 4.74 Å². The molecule has 2 heterocycles. The topological polar surface area (TPSA) is 90.2 Å². The number of esters is 1. The molecule has 2 fully saturated rings. The summed E-state index contributed by atoms with van der Waals surface area (Å²) in [6, 6.07) is 6.54. The second-order valence-corrected chi connectivity index (χ2v) is 6.14. The lowest BCUT2D eigenvalue weighted by Crippen LogP contribution is -2.62. The lowest BCUT2D eigenvalue weighted by atomic mass is 9.93. The molecule has 6 heteroatoms. The molecule has 0 aliphatic carbocycles. The van der Waals surface area contributed by atoms with Crippen LogP contribution in [0, 0.1) is 6.92 Å². The van der Waals surface area contributed by atoms with Gasteiger partial charge in [0.1, 0.15) is 18.3 Å². The highest BCUT2D eigenvalue weighted by Gasteiger charge is 2.49. The van der Waals surface area contributed by atoms with Gasteiger partial charge in [0.05, 0.1) is 17.7 Å². The van der Waals surface area contributed by atoms with Crippen molar-refractivity contribution in [3.8, 4) is 0 Å². The first-order chi connectivity index (χ1) is 10.5. The van der Waals surface area contributed by atoms with E-state index in [1.54, 1.807) is 18.2 Å². The smallest absolute Gasteiger partial charge is 0.338 e. The SMILES string of the molecule is Cc1cccc(C(=O)OC2CN3CC[C@H](O)C3C(O)C2O)c1. The molecule has 0 aromatic heterocycles. The fourth-order valence-electron chi connectivity index (χ4n) is 3.36. The molecule has 22 heavy (non-hydrogen) atoms. The van der Waals surface area contributed by atoms with Crippen LogP contribution in [0.5, 0.6) is 0 Å². The van der Waals surface area contributed by atoms with E-state index >= 15 is 0 Å². The van der Waals surface area contributed by atoms with Gasteiger partial charge in [0.15, 0.2) is 0 Å². The average molecular weight is 307 g/mol. The van der Waals surface area contributed by atoms with Crippen molar-refractivity contribution < 1.29 is 24.9 Å². The molecule has 1 aromatic rings. The van der Waals surface area contributed by atoms with Crippen LogP contribution in [0.15, 0.2) is 24.3 Å². The highest BCUT2D eigenvalue weighted by molar-refractivity contribution is 5.89. The Balaban J connectivity index is 1.71. The Bertz CT molecular complexity index is 563. The van der Waals surface area contributed by atoms with Crippen molar-refractivity contribution in [3.05, 3.63) is 35.4 Å². The fourth-order valence-corrected chi connectivity index (χ4v) is 3.36. The number of aliphatic hydroxyl groups is 3.